The third-order valence-corrected chi connectivity index (χ3v) is 3.17. The van der Waals surface area contributed by atoms with Crippen LogP contribution in [-0.4, -0.2) is 48.5 Å². The number of hydrazine groups is 1. The molecule has 0 fully saturated rings. The first-order valence-corrected chi connectivity index (χ1v) is 6.87. The molecule has 0 spiro atoms. The third-order valence-electron chi connectivity index (χ3n) is 2.88. The first-order chi connectivity index (χ1) is 9.10. The van der Waals surface area contributed by atoms with Gasteiger partial charge in [0.2, 0.25) is 0 Å². The molecule has 1 unspecified atom stereocenters. The zero-order valence-electron chi connectivity index (χ0n) is 11.9. The smallest absolute Gasteiger partial charge is 0.0834 e. The van der Waals surface area contributed by atoms with Crippen LogP contribution in [0, 0.1) is 0 Å². The molecule has 1 rings (SSSR count). The molecular weight excluding hydrogens is 266 g/mol. The molecule has 0 saturated carbocycles. The normalized spacial score (nSPS) is 13.2. The van der Waals surface area contributed by atoms with E-state index in [9.17, 15) is 0 Å². The summed E-state index contributed by atoms with van der Waals surface area (Å²) in [5.74, 6) is 5.62. The quantitative estimate of drug-likeness (QED) is 0.404. The Labute approximate surface area is 119 Å². The molecule has 1 atom stereocenters. The van der Waals surface area contributed by atoms with Gasteiger partial charge in [0, 0.05) is 19.8 Å². The van der Waals surface area contributed by atoms with E-state index >= 15 is 0 Å². The Balaban J connectivity index is 2.74. The van der Waals surface area contributed by atoms with Crippen molar-refractivity contribution in [1.29, 1.82) is 0 Å². The maximum Gasteiger partial charge on any atom is 0.0834 e. The maximum atomic E-state index is 6.21. The van der Waals surface area contributed by atoms with Crippen LogP contribution in [0.4, 0.5) is 0 Å². The number of rotatable bonds is 9. The van der Waals surface area contributed by atoms with Gasteiger partial charge in [-0.1, -0.05) is 11.6 Å². The van der Waals surface area contributed by atoms with E-state index in [-0.39, 0.29) is 6.04 Å². The number of hydrogen-bond acceptors (Lipinski definition) is 5. The zero-order chi connectivity index (χ0) is 14.3. The molecule has 0 radical (unpaired) electrons. The summed E-state index contributed by atoms with van der Waals surface area (Å²) in [4.78, 5) is 2.10. The number of nitrogens with one attached hydrogen (secondary N) is 1. The Bertz CT molecular complexity index is 369. The second-order valence-corrected chi connectivity index (χ2v) is 5.02. The molecule has 7 heteroatoms. The van der Waals surface area contributed by atoms with Crippen LogP contribution in [0.25, 0.3) is 0 Å². The van der Waals surface area contributed by atoms with E-state index in [1.165, 1.54) is 0 Å². The van der Waals surface area contributed by atoms with Gasteiger partial charge in [-0.3, -0.25) is 16.0 Å². The molecule has 0 saturated heterocycles. The summed E-state index contributed by atoms with van der Waals surface area (Å²) in [6.07, 6.45) is 2.43. The fraction of sp³-hybridized carbons (Fsp3) is 0.750. The van der Waals surface area contributed by atoms with Crippen molar-refractivity contribution in [2.75, 3.05) is 33.9 Å². The van der Waals surface area contributed by atoms with Crippen LogP contribution in [0.1, 0.15) is 25.1 Å². The van der Waals surface area contributed by atoms with Gasteiger partial charge in [0.05, 0.1) is 29.5 Å². The molecule has 110 valence electrons. The van der Waals surface area contributed by atoms with Crippen molar-refractivity contribution in [3.8, 4) is 0 Å². The van der Waals surface area contributed by atoms with Crippen LogP contribution in [0.15, 0.2) is 6.20 Å². The number of ether oxygens (including phenoxy) is 1. The van der Waals surface area contributed by atoms with Crippen LogP contribution in [0.3, 0.4) is 0 Å². The highest BCUT2D eigenvalue weighted by Gasteiger charge is 2.19. The van der Waals surface area contributed by atoms with Crippen molar-refractivity contribution >= 4 is 11.6 Å². The lowest BCUT2D eigenvalue weighted by molar-refractivity contribution is 0.135. The molecule has 0 aromatic carbocycles. The van der Waals surface area contributed by atoms with Gasteiger partial charge in [0.15, 0.2) is 0 Å². The summed E-state index contributed by atoms with van der Waals surface area (Å²) in [6.45, 7) is 4.99. The molecule has 0 aliphatic rings. The van der Waals surface area contributed by atoms with Crippen molar-refractivity contribution in [3.63, 3.8) is 0 Å². The van der Waals surface area contributed by atoms with Crippen LogP contribution >= 0.6 is 11.6 Å². The summed E-state index contributed by atoms with van der Waals surface area (Å²) in [7, 11) is 4.05. The van der Waals surface area contributed by atoms with Gasteiger partial charge in [0.1, 0.15) is 0 Å². The molecule has 0 aliphatic heterocycles. The Hall–Kier alpha value is -0.660. The van der Waals surface area contributed by atoms with E-state index in [1.54, 1.807) is 6.20 Å². The Morgan fingerprint density at radius 3 is 2.89 bits per heavy atom. The van der Waals surface area contributed by atoms with E-state index in [0.717, 1.165) is 25.2 Å². The average molecular weight is 290 g/mol. The fourth-order valence-corrected chi connectivity index (χ4v) is 2.11. The van der Waals surface area contributed by atoms with Crippen molar-refractivity contribution < 1.29 is 4.74 Å². The van der Waals surface area contributed by atoms with Crippen LogP contribution in [-0.2, 0) is 11.3 Å². The minimum Gasteiger partial charge on any atom is -0.382 e. The fourth-order valence-electron chi connectivity index (χ4n) is 1.84. The molecule has 3 N–H and O–H groups in total. The van der Waals surface area contributed by atoms with Gasteiger partial charge in [-0.25, -0.2) is 0 Å². The summed E-state index contributed by atoms with van der Waals surface area (Å²) in [5, 5.41) is 4.94. The molecule has 1 heterocycles. The van der Waals surface area contributed by atoms with Gasteiger partial charge in [-0.05, 0) is 27.4 Å². The number of nitrogens with zero attached hydrogens (tertiary/aromatic N) is 3. The standard InChI is InChI=1S/C12H24ClN5O/c1-4-19-8-5-11(16-14)12-10(13)9-15-18(12)7-6-17(2)3/h9,11,16H,4-8,14H2,1-3H3. The maximum absolute atomic E-state index is 6.21. The predicted octanol–water partition coefficient (Wildman–Crippen LogP) is 1.03. The highest BCUT2D eigenvalue weighted by molar-refractivity contribution is 6.31. The van der Waals surface area contributed by atoms with Crippen LogP contribution < -0.4 is 11.3 Å². The number of nitrogens with two attached hydrogens (primary N) is 1. The molecule has 19 heavy (non-hydrogen) atoms. The van der Waals surface area contributed by atoms with Gasteiger partial charge >= 0.3 is 0 Å². The molecule has 6 nitrogen and oxygen atoms in total. The second kappa shape index (κ2) is 8.50. The van der Waals surface area contributed by atoms with Gasteiger partial charge in [-0.2, -0.15) is 5.10 Å². The molecule has 1 aromatic heterocycles. The molecule has 1 aromatic rings. The van der Waals surface area contributed by atoms with E-state index in [0.29, 0.717) is 18.2 Å². The monoisotopic (exact) mass is 289 g/mol. The molecule has 0 amide bonds. The minimum absolute atomic E-state index is 0.0521. The predicted molar refractivity (Wildman–Crippen MR) is 77.0 cm³/mol. The van der Waals surface area contributed by atoms with Crippen molar-refractivity contribution in [2.45, 2.75) is 25.9 Å². The van der Waals surface area contributed by atoms with Crippen molar-refractivity contribution in [3.05, 3.63) is 16.9 Å². The second-order valence-electron chi connectivity index (χ2n) is 4.61. The largest absolute Gasteiger partial charge is 0.382 e. The first-order valence-electron chi connectivity index (χ1n) is 6.50. The van der Waals surface area contributed by atoms with E-state index in [2.05, 4.69) is 15.4 Å². The van der Waals surface area contributed by atoms with Gasteiger partial charge in [0.25, 0.3) is 0 Å². The van der Waals surface area contributed by atoms with Crippen molar-refractivity contribution in [2.24, 2.45) is 5.84 Å². The molecular formula is C12H24ClN5O. The highest BCUT2D eigenvalue weighted by atomic mass is 35.5. The summed E-state index contributed by atoms with van der Waals surface area (Å²) < 4.78 is 7.27. The lowest BCUT2D eigenvalue weighted by Gasteiger charge is -2.19. The number of likely N-dealkylation sites (N-methyl/N-ethyl adjacent to an activating group) is 1. The lowest BCUT2D eigenvalue weighted by Crippen LogP contribution is -2.32. The third kappa shape index (κ3) is 5.08. The Morgan fingerprint density at radius 1 is 1.58 bits per heavy atom. The minimum atomic E-state index is -0.0521. The van der Waals surface area contributed by atoms with Gasteiger partial charge in [-0.15, -0.1) is 0 Å². The summed E-state index contributed by atoms with van der Waals surface area (Å²) in [5.41, 5.74) is 3.72. The molecule has 0 bridgehead atoms. The van der Waals surface area contributed by atoms with Crippen molar-refractivity contribution in [1.82, 2.24) is 20.1 Å². The van der Waals surface area contributed by atoms with E-state index in [4.69, 9.17) is 22.2 Å². The molecule has 0 aliphatic carbocycles. The topological polar surface area (TPSA) is 68.3 Å². The SMILES string of the molecule is CCOCCC(NN)c1c(Cl)cnn1CCN(C)C. The highest BCUT2D eigenvalue weighted by Crippen LogP contribution is 2.24. The lowest BCUT2D eigenvalue weighted by atomic mass is 10.1. The average Bonchev–Trinajstić information content (AvgIpc) is 2.74. The number of aromatic nitrogens is 2. The summed E-state index contributed by atoms with van der Waals surface area (Å²) >= 11 is 6.21. The summed E-state index contributed by atoms with van der Waals surface area (Å²) in [6, 6.07) is -0.0521. The van der Waals surface area contributed by atoms with Gasteiger partial charge < -0.3 is 9.64 Å². The van der Waals surface area contributed by atoms with E-state index in [1.807, 2.05) is 25.7 Å². The number of hydrogen-bond donors (Lipinski definition) is 2. The Kier molecular flexibility index (Phi) is 7.33. The van der Waals surface area contributed by atoms with Crippen LogP contribution in [0.5, 0.6) is 0 Å². The zero-order valence-corrected chi connectivity index (χ0v) is 12.7. The Morgan fingerprint density at radius 2 is 2.32 bits per heavy atom. The van der Waals surface area contributed by atoms with Crippen LogP contribution in [0.2, 0.25) is 5.02 Å². The van der Waals surface area contributed by atoms with E-state index < -0.39 is 0 Å². The number of halogens is 1. The first kappa shape index (κ1) is 16.4.